The monoisotopic (exact) mass is 323 g/mol. The fourth-order valence-corrected chi connectivity index (χ4v) is 3.68. The number of nitrogens with zero attached hydrogens (tertiary/aromatic N) is 2. The third-order valence-electron chi connectivity index (χ3n) is 4.84. The molecule has 3 saturated heterocycles. The first kappa shape index (κ1) is 18.0. The van der Waals surface area contributed by atoms with Gasteiger partial charge in [-0.05, 0) is 45.3 Å². The Balaban J connectivity index is 0.000001000. The van der Waals surface area contributed by atoms with Crippen LogP contribution < -0.4 is 5.32 Å². The van der Waals surface area contributed by atoms with Crippen molar-refractivity contribution in [1.29, 1.82) is 0 Å². The summed E-state index contributed by atoms with van der Waals surface area (Å²) in [5, 5.41) is 3.34. The largest absolute Gasteiger partial charge is 0.340 e. The van der Waals surface area contributed by atoms with Gasteiger partial charge in [-0.1, -0.05) is 6.42 Å². The van der Waals surface area contributed by atoms with E-state index in [1.807, 2.05) is 0 Å². The number of rotatable bonds is 1. The van der Waals surface area contributed by atoms with E-state index in [4.69, 9.17) is 0 Å². The lowest BCUT2D eigenvalue weighted by atomic mass is 9.94. The fraction of sp³-hybridized carbons (Fsp3) is 0.929. The summed E-state index contributed by atoms with van der Waals surface area (Å²) in [7, 11) is 0. The predicted octanol–water partition coefficient (Wildman–Crippen LogP) is 1.53. The van der Waals surface area contributed by atoms with E-state index >= 15 is 0 Å². The first-order valence-corrected chi connectivity index (χ1v) is 7.58. The zero-order valence-corrected chi connectivity index (χ0v) is 13.7. The number of amides is 1. The van der Waals surface area contributed by atoms with Gasteiger partial charge in [0.25, 0.3) is 0 Å². The van der Waals surface area contributed by atoms with Gasteiger partial charge in [0.05, 0.1) is 0 Å². The number of hydrogen-bond donors (Lipinski definition) is 1. The molecule has 0 bridgehead atoms. The minimum Gasteiger partial charge on any atom is -0.340 e. The van der Waals surface area contributed by atoms with Crippen molar-refractivity contribution in [3.63, 3.8) is 0 Å². The predicted molar refractivity (Wildman–Crippen MR) is 85.9 cm³/mol. The Morgan fingerprint density at radius 2 is 1.70 bits per heavy atom. The van der Waals surface area contributed by atoms with Gasteiger partial charge in [-0.25, -0.2) is 0 Å². The molecule has 3 heterocycles. The molecule has 3 rings (SSSR count). The highest BCUT2D eigenvalue weighted by Gasteiger charge is 2.33. The topological polar surface area (TPSA) is 35.6 Å². The van der Waals surface area contributed by atoms with Gasteiger partial charge in [-0.15, -0.1) is 24.8 Å². The van der Waals surface area contributed by atoms with Crippen LogP contribution in [-0.2, 0) is 4.79 Å². The number of nitrogens with one attached hydrogen (secondary N) is 1. The summed E-state index contributed by atoms with van der Waals surface area (Å²) in [6.45, 7) is 6.32. The smallest absolute Gasteiger partial charge is 0.225 e. The molecule has 0 aliphatic carbocycles. The molecule has 1 N–H and O–H groups in total. The summed E-state index contributed by atoms with van der Waals surface area (Å²) in [6, 6.07) is 0.651. The van der Waals surface area contributed by atoms with Crippen molar-refractivity contribution in [2.75, 3.05) is 39.3 Å². The Labute approximate surface area is 134 Å². The summed E-state index contributed by atoms with van der Waals surface area (Å²) in [5.41, 5.74) is 0. The Morgan fingerprint density at radius 1 is 0.950 bits per heavy atom. The van der Waals surface area contributed by atoms with Crippen LogP contribution in [0.15, 0.2) is 0 Å². The van der Waals surface area contributed by atoms with Gasteiger partial charge in [0.2, 0.25) is 5.91 Å². The summed E-state index contributed by atoms with van der Waals surface area (Å²) in [5.74, 6) is 0.725. The standard InChI is InChI=1S/C14H25N3O.2ClH/c18-14(12-4-6-15-7-5-12)17-10-9-16-8-2-1-3-13(16)11-17;;/h12-13,15H,1-11H2;2*1H. The van der Waals surface area contributed by atoms with Gasteiger partial charge < -0.3 is 10.2 Å². The number of fused-ring (bicyclic) bond motifs is 1. The Hall–Kier alpha value is -0.0300. The van der Waals surface area contributed by atoms with Gasteiger partial charge in [-0.3, -0.25) is 9.69 Å². The van der Waals surface area contributed by atoms with Gasteiger partial charge in [0, 0.05) is 31.6 Å². The number of piperidine rings is 2. The van der Waals surface area contributed by atoms with Gasteiger partial charge in [-0.2, -0.15) is 0 Å². The van der Waals surface area contributed by atoms with Crippen LogP contribution >= 0.6 is 24.8 Å². The first-order chi connectivity index (χ1) is 8.84. The van der Waals surface area contributed by atoms with E-state index in [1.165, 1.54) is 25.8 Å². The van der Waals surface area contributed by atoms with Crippen molar-refractivity contribution in [1.82, 2.24) is 15.1 Å². The van der Waals surface area contributed by atoms with Crippen LogP contribution in [0.5, 0.6) is 0 Å². The molecule has 0 spiro atoms. The lowest BCUT2D eigenvalue weighted by Gasteiger charge is -2.45. The van der Waals surface area contributed by atoms with E-state index in [0.29, 0.717) is 17.9 Å². The molecule has 118 valence electrons. The Kier molecular flexibility index (Phi) is 7.59. The van der Waals surface area contributed by atoms with Crippen molar-refractivity contribution < 1.29 is 4.79 Å². The molecule has 0 aromatic rings. The van der Waals surface area contributed by atoms with E-state index in [9.17, 15) is 4.79 Å². The number of hydrogen-bond acceptors (Lipinski definition) is 3. The zero-order chi connectivity index (χ0) is 12.4. The molecule has 3 aliphatic rings. The minimum atomic E-state index is 0. The average Bonchev–Trinajstić information content (AvgIpc) is 2.47. The van der Waals surface area contributed by atoms with Crippen LogP contribution in [0.2, 0.25) is 0 Å². The highest BCUT2D eigenvalue weighted by Crippen LogP contribution is 2.23. The minimum absolute atomic E-state index is 0. The Morgan fingerprint density at radius 3 is 2.45 bits per heavy atom. The molecule has 1 atom stereocenters. The quantitative estimate of drug-likeness (QED) is 0.794. The Bertz CT molecular complexity index is 311. The number of carbonyl (C=O) groups is 1. The molecule has 0 saturated carbocycles. The van der Waals surface area contributed by atoms with Crippen LogP contribution in [0.25, 0.3) is 0 Å². The van der Waals surface area contributed by atoms with Crippen molar-refractivity contribution in [3.8, 4) is 0 Å². The lowest BCUT2D eigenvalue weighted by molar-refractivity contribution is -0.140. The van der Waals surface area contributed by atoms with E-state index < -0.39 is 0 Å². The second kappa shape index (κ2) is 8.42. The van der Waals surface area contributed by atoms with Crippen molar-refractivity contribution >= 4 is 30.7 Å². The molecule has 0 aromatic heterocycles. The molecular formula is C14H27Cl2N3O. The number of carbonyl (C=O) groups excluding carboxylic acids is 1. The molecule has 3 fully saturated rings. The zero-order valence-electron chi connectivity index (χ0n) is 12.1. The number of piperazine rings is 1. The molecule has 20 heavy (non-hydrogen) atoms. The normalized spacial score (nSPS) is 28.0. The first-order valence-electron chi connectivity index (χ1n) is 7.58. The molecule has 1 unspecified atom stereocenters. The second-order valence-corrected chi connectivity index (χ2v) is 5.99. The molecule has 0 radical (unpaired) electrons. The molecule has 4 nitrogen and oxygen atoms in total. The van der Waals surface area contributed by atoms with Crippen LogP contribution in [0.1, 0.15) is 32.1 Å². The van der Waals surface area contributed by atoms with E-state index in [1.54, 1.807) is 0 Å². The van der Waals surface area contributed by atoms with E-state index in [2.05, 4.69) is 15.1 Å². The van der Waals surface area contributed by atoms with Crippen molar-refractivity contribution in [2.24, 2.45) is 5.92 Å². The van der Waals surface area contributed by atoms with Crippen LogP contribution in [0.3, 0.4) is 0 Å². The van der Waals surface area contributed by atoms with E-state index in [0.717, 1.165) is 45.6 Å². The maximum Gasteiger partial charge on any atom is 0.225 e. The summed E-state index contributed by atoms with van der Waals surface area (Å²) in [4.78, 5) is 17.3. The van der Waals surface area contributed by atoms with Crippen LogP contribution in [-0.4, -0.2) is 61.0 Å². The molecule has 6 heteroatoms. The second-order valence-electron chi connectivity index (χ2n) is 5.99. The summed E-state index contributed by atoms with van der Waals surface area (Å²) < 4.78 is 0. The average molecular weight is 324 g/mol. The third kappa shape index (κ3) is 4.00. The van der Waals surface area contributed by atoms with Crippen LogP contribution in [0, 0.1) is 5.92 Å². The molecule has 3 aliphatic heterocycles. The molecule has 0 aromatic carbocycles. The van der Waals surface area contributed by atoms with Gasteiger partial charge in [0.1, 0.15) is 0 Å². The third-order valence-corrected chi connectivity index (χ3v) is 4.84. The molecular weight excluding hydrogens is 297 g/mol. The van der Waals surface area contributed by atoms with Crippen molar-refractivity contribution in [2.45, 2.75) is 38.1 Å². The number of halogens is 2. The van der Waals surface area contributed by atoms with Gasteiger partial charge >= 0.3 is 0 Å². The highest BCUT2D eigenvalue weighted by atomic mass is 35.5. The SMILES string of the molecule is Cl.Cl.O=C(C1CCNCC1)N1CCN2CCCCC2C1. The maximum absolute atomic E-state index is 12.5. The molecule has 1 amide bonds. The highest BCUT2D eigenvalue weighted by molar-refractivity contribution is 5.85. The van der Waals surface area contributed by atoms with Crippen molar-refractivity contribution in [3.05, 3.63) is 0 Å². The summed E-state index contributed by atoms with van der Waals surface area (Å²) >= 11 is 0. The summed E-state index contributed by atoms with van der Waals surface area (Å²) in [6.07, 6.45) is 6.04. The van der Waals surface area contributed by atoms with Crippen LogP contribution in [0.4, 0.5) is 0 Å². The van der Waals surface area contributed by atoms with Gasteiger partial charge in [0.15, 0.2) is 0 Å². The lowest BCUT2D eigenvalue weighted by Crippen LogP contribution is -2.57. The maximum atomic E-state index is 12.5. The van der Waals surface area contributed by atoms with E-state index in [-0.39, 0.29) is 24.8 Å². The fourth-order valence-electron chi connectivity index (χ4n) is 3.68.